The Morgan fingerprint density at radius 2 is 1.63 bits per heavy atom. The first-order valence-electron chi connectivity index (χ1n) is 10.5. The fourth-order valence-electron chi connectivity index (χ4n) is 6.12. The number of allylic oxidation sites excluding steroid dienone is 1. The molecular formula is C24H23Br3O3. The molecule has 4 saturated carbocycles. The molecule has 0 saturated heterocycles. The van der Waals surface area contributed by atoms with Gasteiger partial charge in [-0.2, -0.15) is 0 Å². The first kappa shape index (κ1) is 21.0. The summed E-state index contributed by atoms with van der Waals surface area (Å²) in [4.78, 5) is 13.1. The highest BCUT2D eigenvalue weighted by Crippen LogP contribution is 2.60. The lowest BCUT2D eigenvalue weighted by Gasteiger charge is -2.55. The lowest BCUT2D eigenvalue weighted by atomic mass is 9.48. The summed E-state index contributed by atoms with van der Waals surface area (Å²) in [6, 6.07) is 7.67. The van der Waals surface area contributed by atoms with E-state index in [1.165, 1.54) is 19.3 Å². The van der Waals surface area contributed by atoms with Gasteiger partial charge >= 0.3 is 0 Å². The number of carbonyl (C=O) groups is 1. The molecule has 0 N–H and O–H groups in total. The molecule has 4 aliphatic rings. The summed E-state index contributed by atoms with van der Waals surface area (Å²) < 4.78 is 14.5. The molecule has 0 amide bonds. The van der Waals surface area contributed by atoms with Crippen LogP contribution in [0.25, 0.3) is 6.08 Å². The Morgan fingerprint density at radius 1 is 1.03 bits per heavy atom. The predicted octanol–water partition coefficient (Wildman–Crippen LogP) is 7.94. The monoisotopic (exact) mass is 596 g/mol. The van der Waals surface area contributed by atoms with Gasteiger partial charge in [-0.15, -0.1) is 0 Å². The molecule has 4 aliphatic carbocycles. The Kier molecular flexibility index (Phi) is 5.78. The maximum Gasteiger partial charge on any atom is 0.161 e. The molecule has 2 aromatic rings. The Balaban J connectivity index is 1.23. The van der Waals surface area contributed by atoms with Crippen molar-refractivity contribution in [2.75, 3.05) is 0 Å². The maximum absolute atomic E-state index is 13.1. The fraction of sp³-hybridized carbons (Fsp3) is 0.458. The summed E-state index contributed by atoms with van der Waals surface area (Å²) >= 11 is 10.5. The zero-order valence-electron chi connectivity index (χ0n) is 16.5. The highest BCUT2D eigenvalue weighted by molar-refractivity contribution is 9.11. The quantitative estimate of drug-likeness (QED) is 0.317. The van der Waals surface area contributed by atoms with E-state index in [1.807, 2.05) is 30.3 Å². The molecule has 0 aliphatic heterocycles. The Hall–Kier alpha value is -0.850. The van der Waals surface area contributed by atoms with Crippen LogP contribution in [0.2, 0.25) is 0 Å². The van der Waals surface area contributed by atoms with Crippen LogP contribution >= 0.6 is 47.8 Å². The van der Waals surface area contributed by atoms with Crippen molar-refractivity contribution < 1.29 is 13.9 Å². The summed E-state index contributed by atoms with van der Waals surface area (Å²) in [5.74, 6) is 4.77. The van der Waals surface area contributed by atoms with Gasteiger partial charge in [0.15, 0.2) is 5.78 Å². The van der Waals surface area contributed by atoms with Gasteiger partial charge < -0.3 is 9.15 Å². The van der Waals surface area contributed by atoms with Crippen molar-refractivity contribution in [1.29, 1.82) is 0 Å². The molecule has 0 unspecified atom stereocenters. The van der Waals surface area contributed by atoms with Crippen molar-refractivity contribution >= 4 is 59.6 Å². The second-order valence-corrected chi connectivity index (χ2v) is 11.8. The van der Waals surface area contributed by atoms with E-state index in [1.54, 1.807) is 6.08 Å². The third kappa shape index (κ3) is 4.12. The number of hydrogen-bond donors (Lipinski definition) is 0. The second kappa shape index (κ2) is 8.25. The minimum absolute atomic E-state index is 0.0933. The van der Waals surface area contributed by atoms with E-state index in [0.717, 1.165) is 61.9 Å². The molecule has 0 radical (unpaired) electrons. The Morgan fingerprint density at radius 3 is 2.23 bits per heavy atom. The van der Waals surface area contributed by atoms with Crippen LogP contribution in [0.15, 0.2) is 48.2 Å². The average Bonchev–Trinajstić information content (AvgIpc) is 3.12. The van der Waals surface area contributed by atoms with Crippen LogP contribution in [0.1, 0.15) is 50.0 Å². The van der Waals surface area contributed by atoms with Gasteiger partial charge in [-0.25, -0.2) is 0 Å². The van der Waals surface area contributed by atoms with E-state index in [2.05, 4.69) is 47.8 Å². The van der Waals surface area contributed by atoms with Crippen LogP contribution < -0.4 is 4.74 Å². The molecule has 3 nitrogen and oxygen atoms in total. The number of furan rings is 1. The molecule has 0 atom stereocenters. The summed E-state index contributed by atoms with van der Waals surface area (Å²) in [6.07, 6.45) is 10.9. The topological polar surface area (TPSA) is 39.4 Å². The van der Waals surface area contributed by atoms with E-state index < -0.39 is 0 Å². The lowest BCUT2D eigenvalue weighted by Crippen LogP contribution is -2.49. The van der Waals surface area contributed by atoms with Crippen molar-refractivity contribution in [1.82, 2.24) is 0 Å². The van der Waals surface area contributed by atoms with Gasteiger partial charge in [-0.05, 0) is 125 Å². The Labute approximate surface area is 202 Å². The number of carbonyl (C=O) groups excluding carboxylic acids is 1. The first-order valence-corrected chi connectivity index (χ1v) is 12.9. The Bertz CT molecular complexity index is 949. The number of benzene rings is 1. The number of halogens is 3. The maximum atomic E-state index is 13.1. The molecule has 1 aromatic carbocycles. The van der Waals surface area contributed by atoms with E-state index in [-0.39, 0.29) is 5.41 Å². The average molecular weight is 599 g/mol. The smallest absolute Gasteiger partial charge is 0.161 e. The van der Waals surface area contributed by atoms with Crippen LogP contribution in [0.5, 0.6) is 5.75 Å². The van der Waals surface area contributed by atoms with Gasteiger partial charge in [0, 0.05) is 9.89 Å². The minimum Gasteiger partial charge on any atom is -0.483 e. The lowest BCUT2D eigenvalue weighted by molar-refractivity contribution is -0.138. The second-order valence-electron chi connectivity index (χ2n) is 9.19. The van der Waals surface area contributed by atoms with Gasteiger partial charge in [0.1, 0.15) is 23.9 Å². The molecule has 4 bridgehead atoms. The van der Waals surface area contributed by atoms with Crippen LogP contribution in [-0.2, 0) is 11.4 Å². The van der Waals surface area contributed by atoms with Crippen LogP contribution in [-0.4, -0.2) is 5.78 Å². The fourth-order valence-corrected chi connectivity index (χ4v) is 8.61. The predicted molar refractivity (Wildman–Crippen MR) is 127 cm³/mol. The van der Waals surface area contributed by atoms with Crippen LogP contribution in [0.3, 0.4) is 0 Å². The zero-order chi connectivity index (χ0) is 20.9. The van der Waals surface area contributed by atoms with Crippen molar-refractivity contribution in [2.24, 2.45) is 23.2 Å². The highest BCUT2D eigenvalue weighted by atomic mass is 79.9. The van der Waals surface area contributed by atoms with Crippen molar-refractivity contribution in [3.05, 3.63) is 55.3 Å². The van der Waals surface area contributed by atoms with Crippen LogP contribution in [0, 0.1) is 23.2 Å². The van der Waals surface area contributed by atoms with Crippen molar-refractivity contribution in [3.63, 3.8) is 0 Å². The molecule has 158 valence electrons. The molecule has 1 heterocycles. The highest BCUT2D eigenvalue weighted by Gasteiger charge is 2.53. The minimum atomic E-state index is -0.0933. The number of hydrogen-bond acceptors (Lipinski definition) is 3. The first-order chi connectivity index (χ1) is 14.4. The molecule has 6 rings (SSSR count). The van der Waals surface area contributed by atoms with Crippen molar-refractivity contribution in [3.8, 4) is 5.75 Å². The van der Waals surface area contributed by atoms with E-state index in [9.17, 15) is 4.79 Å². The number of ketones is 1. The summed E-state index contributed by atoms with van der Waals surface area (Å²) in [5, 5.41) is 0. The van der Waals surface area contributed by atoms with Gasteiger partial charge in [-0.3, -0.25) is 4.79 Å². The van der Waals surface area contributed by atoms with Crippen molar-refractivity contribution in [2.45, 2.75) is 45.1 Å². The third-order valence-electron chi connectivity index (χ3n) is 6.96. The SMILES string of the molecule is O=C(/C=C/c1ccc(COc2c(Br)cc(Br)cc2Br)o1)C12CC3CC(CC(C3)C1)C2. The number of ether oxygens (including phenoxy) is 1. The van der Waals surface area contributed by atoms with E-state index in [4.69, 9.17) is 9.15 Å². The molecule has 0 spiro atoms. The van der Waals surface area contributed by atoms with Gasteiger partial charge in [0.2, 0.25) is 0 Å². The third-order valence-corrected chi connectivity index (χ3v) is 8.60. The van der Waals surface area contributed by atoms with Gasteiger partial charge in [0.05, 0.1) is 8.95 Å². The molecule has 4 fully saturated rings. The number of rotatable bonds is 6. The summed E-state index contributed by atoms with van der Waals surface area (Å²) in [6.45, 7) is 0.315. The van der Waals surface area contributed by atoms with E-state index in [0.29, 0.717) is 18.2 Å². The van der Waals surface area contributed by atoms with Gasteiger partial charge in [-0.1, -0.05) is 15.9 Å². The molecule has 30 heavy (non-hydrogen) atoms. The standard InChI is InChI=1S/C24H23Br3O3/c25-17-8-20(26)23(21(27)9-17)29-13-19-2-1-18(30-19)3-4-22(28)24-10-14-5-15(11-24)7-16(6-14)12-24/h1-4,8-9,14-16H,5-7,10-13H2/b4-3+. The molecular weight excluding hydrogens is 576 g/mol. The van der Waals surface area contributed by atoms with Gasteiger partial charge in [0.25, 0.3) is 0 Å². The normalized spacial score (nSPS) is 29.6. The summed E-state index contributed by atoms with van der Waals surface area (Å²) in [5.41, 5.74) is -0.0933. The van der Waals surface area contributed by atoms with E-state index >= 15 is 0 Å². The largest absolute Gasteiger partial charge is 0.483 e. The zero-order valence-corrected chi connectivity index (χ0v) is 21.3. The molecule has 1 aromatic heterocycles. The summed E-state index contributed by atoms with van der Waals surface area (Å²) in [7, 11) is 0. The van der Waals surface area contributed by atoms with Crippen LogP contribution in [0.4, 0.5) is 0 Å². The molecule has 6 heteroatoms.